The lowest BCUT2D eigenvalue weighted by Crippen LogP contribution is -2.26. The van der Waals surface area contributed by atoms with Gasteiger partial charge in [0.05, 0.1) is 0 Å². The van der Waals surface area contributed by atoms with Gasteiger partial charge in [0.15, 0.2) is 0 Å². The molecule has 1 aliphatic rings. The van der Waals surface area contributed by atoms with Crippen LogP contribution in [-0.2, 0) is 0 Å². The van der Waals surface area contributed by atoms with Crippen molar-refractivity contribution in [3.05, 3.63) is 12.4 Å². The quantitative estimate of drug-likeness (QED) is 0.744. The summed E-state index contributed by atoms with van der Waals surface area (Å²) < 4.78 is 2.29. The lowest BCUT2D eigenvalue weighted by atomic mass is 10.2. The van der Waals surface area contributed by atoms with E-state index in [0.29, 0.717) is 12.1 Å². The highest BCUT2D eigenvalue weighted by molar-refractivity contribution is 5.29. The van der Waals surface area contributed by atoms with E-state index in [1.165, 1.54) is 32.2 Å². The topological polar surface area (TPSA) is 33.1 Å². The Morgan fingerprint density at radius 3 is 2.79 bits per heavy atom. The summed E-state index contributed by atoms with van der Waals surface area (Å²) in [6, 6.07) is 1.20. The zero-order valence-electron chi connectivity index (χ0n) is 12.6. The molecular weight excluding hydrogens is 236 g/mol. The largest absolute Gasteiger partial charge is 0.353 e. The van der Waals surface area contributed by atoms with E-state index in [1.54, 1.807) is 0 Å². The maximum Gasteiger partial charge on any atom is 0.203 e. The molecule has 4 heteroatoms. The van der Waals surface area contributed by atoms with Gasteiger partial charge in [0.2, 0.25) is 5.95 Å². The molecule has 0 radical (unpaired) electrons. The maximum atomic E-state index is 4.43. The molecule has 0 amide bonds. The van der Waals surface area contributed by atoms with E-state index in [9.17, 15) is 0 Å². The van der Waals surface area contributed by atoms with Crippen molar-refractivity contribution in [2.75, 3.05) is 25.0 Å². The van der Waals surface area contributed by atoms with Gasteiger partial charge in [-0.15, -0.1) is 0 Å². The molecule has 1 heterocycles. The van der Waals surface area contributed by atoms with Gasteiger partial charge in [0.1, 0.15) is 0 Å². The lowest BCUT2D eigenvalue weighted by molar-refractivity contribution is 0.295. The molecule has 0 saturated heterocycles. The zero-order chi connectivity index (χ0) is 13.7. The standard InChI is InChI=1S/C15H28N4/c1-4-18(5-2)11-6-7-13(3)17-15-16-10-12-19(15)14-8-9-14/h10,12-14H,4-9,11H2,1-3H3,(H,16,17). The lowest BCUT2D eigenvalue weighted by Gasteiger charge is -2.20. The van der Waals surface area contributed by atoms with Crippen molar-refractivity contribution in [1.82, 2.24) is 14.5 Å². The average Bonchev–Trinajstić information content (AvgIpc) is 3.16. The molecule has 1 aromatic rings. The molecule has 1 N–H and O–H groups in total. The molecule has 0 spiro atoms. The van der Waals surface area contributed by atoms with Crippen LogP contribution in [0.4, 0.5) is 5.95 Å². The molecule has 1 unspecified atom stereocenters. The van der Waals surface area contributed by atoms with Crippen molar-refractivity contribution in [3.8, 4) is 0 Å². The van der Waals surface area contributed by atoms with Gasteiger partial charge in [-0.25, -0.2) is 4.98 Å². The highest BCUT2D eigenvalue weighted by atomic mass is 15.2. The van der Waals surface area contributed by atoms with Gasteiger partial charge in [0, 0.05) is 24.5 Å². The van der Waals surface area contributed by atoms with Crippen LogP contribution in [0.15, 0.2) is 12.4 Å². The van der Waals surface area contributed by atoms with Crippen LogP contribution in [0.3, 0.4) is 0 Å². The third-order valence-corrected chi connectivity index (χ3v) is 3.99. The normalized spacial score (nSPS) is 16.8. The summed E-state index contributed by atoms with van der Waals surface area (Å²) in [5.41, 5.74) is 0. The number of rotatable bonds is 9. The molecule has 1 saturated carbocycles. The fraction of sp³-hybridized carbons (Fsp3) is 0.800. The summed E-state index contributed by atoms with van der Waals surface area (Å²) in [7, 11) is 0. The number of aromatic nitrogens is 2. The van der Waals surface area contributed by atoms with Crippen LogP contribution >= 0.6 is 0 Å². The molecule has 2 rings (SSSR count). The molecule has 1 fully saturated rings. The Hall–Kier alpha value is -1.03. The Morgan fingerprint density at radius 2 is 2.16 bits per heavy atom. The van der Waals surface area contributed by atoms with Gasteiger partial charge in [-0.1, -0.05) is 13.8 Å². The minimum absolute atomic E-state index is 0.496. The van der Waals surface area contributed by atoms with Crippen LogP contribution in [0.2, 0.25) is 0 Å². The fourth-order valence-electron chi connectivity index (χ4n) is 2.53. The SMILES string of the molecule is CCN(CC)CCCC(C)Nc1nccn1C1CC1. The van der Waals surface area contributed by atoms with E-state index in [-0.39, 0.29) is 0 Å². The van der Waals surface area contributed by atoms with Crippen LogP contribution in [-0.4, -0.2) is 40.1 Å². The van der Waals surface area contributed by atoms with Crippen LogP contribution in [0.1, 0.15) is 52.5 Å². The summed E-state index contributed by atoms with van der Waals surface area (Å²) in [4.78, 5) is 6.92. The van der Waals surface area contributed by atoms with Gasteiger partial charge in [0.25, 0.3) is 0 Å². The molecular formula is C15H28N4. The van der Waals surface area contributed by atoms with E-state index in [0.717, 1.165) is 19.0 Å². The van der Waals surface area contributed by atoms with Crippen LogP contribution in [0.5, 0.6) is 0 Å². The van der Waals surface area contributed by atoms with Crippen molar-refractivity contribution in [1.29, 1.82) is 0 Å². The van der Waals surface area contributed by atoms with Crippen molar-refractivity contribution >= 4 is 5.95 Å². The van der Waals surface area contributed by atoms with Crippen molar-refractivity contribution in [3.63, 3.8) is 0 Å². The smallest absolute Gasteiger partial charge is 0.203 e. The van der Waals surface area contributed by atoms with E-state index < -0.39 is 0 Å². The Morgan fingerprint density at radius 1 is 1.42 bits per heavy atom. The monoisotopic (exact) mass is 264 g/mol. The predicted molar refractivity (Wildman–Crippen MR) is 80.6 cm³/mol. The van der Waals surface area contributed by atoms with Gasteiger partial charge in [-0.3, -0.25) is 0 Å². The van der Waals surface area contributed by atoms with Gasteiger partial charge >= 0.3 is 0 Å². The first kappa shape index (κ1) is 14.4. The molecule has 108 valence electrons. The van der Waals surface area contributed by atoms with Gasteiger partial charge in [-0.05, 0) is 52.2 Å². The number of hydrogen-bond donors (Lipinski definition) is 1. The first-order valence-electron chi connectivity index (χ1n) is 7.76. The molecule has 1 atom stereocenters. The van der Waals surface area contributed by atoms with E-state index in [4.69, 9.17) is 0 Å². The fourth-order valence-corrected chi connectivity index (χ4v) is 2.53. The maximum absolute atomic E-state index is 4.43. The number of hydrogen-bond acceptors (Lipinski definition) is 3. The highest BCUT2D eigenvalue weighted by Gasteiger charge is 2.25. The van der Waals surface area contributed by atoms with Crippen molar-refractivity contribution in [2.24, 2.45) is 0 Å². The summed E-state index contributed by atoms with van der Waals surface area (Å²) in [6.07, 6.45) is 9.07. The minimum Gasteiger partial charge on any atom is -0.353 e. The second kappa shape index (κ2) is 6.94. The summed E-state index contributed by atoms with van der Waals surface area (Å²) in [6.45, 7) is 10.2. The van der Waals surface area contributed by atoms with Gasteiger partial charge < -0.3 is 14.8 Å². The van der Waals surface area contributed by atoms with E-state index in [2.05, 4.69) is 46.7 Å². The van der Waals surface area contributed by atoms with Crippen molar-refractivity contribution in [2.45, 2.75) is 58.5 Å². The Labute approximate surface area is 117 Å². The second-order valence-electron chi connectivity index (χ2n) is 5.60. The van der Waals surface area contributed by atoms with E-state index in [1.807, 2.05) is 6.20 Å². The molecule has 0 aromatic carbocycles. The summed E-state index contributed by atoms with van der Waals surface area (Å²) >= 11 is 0. The number of anilines is 1. The summed E-state index contributed by atoms with van der Waals surface area (Å²) in [5.74, 6) is 1.05. The van der Waals surface area contributed by atoms with Crippen LogP contribution < -0.4 is 5.32 Å². The minimum atomic E-state index is 0.496. The number of nitrogens with zero attached hydrogens (tertiary/aromatic N) is 3. The number of nitrogens with one attached hydrogen (secondary N) is 1. The molecule has 4 nitrogen and oxygen atoms in total. The highest BCUT2D eigenvalue weighted by Crippen LogP contribution is 2.36. The predicted octanol–water partition coefficient (Wildman–Crippen LogP) is 3.14. The molecule has 1 aliphatic carbocycles. The molecule has 19 heavy (non-hydrogen) atoms. The average molecular weight is 264 g/mol. The van der Waals surface area contributed by atoms with Gasteiger partial charge in [-0.2, -0.15) is 0 Å². The molecule has 1 aromatic heterocycles. The Balaban J connectivity index is 1.71. The third kappa shape index (κ3) is 4.23. The third-order valence-electron chi connectivity index (χ3n) is 3.99. The van der Waals surface area contributed by atoms with E-state index >= 15 is 0 Å². The second-order valence-corrected chi connectivity index (χ2v) is 5.60. The van der Waals surface area contributed by atoms with Crippen LogP contribution in [0, 0.1) is 0 Å². The molecule has 0 bridgehead atoms. The van der Waals surface area contributed by atoms with Crippen LogP contribution in [0.25, 0.3) is 0 Å². The Bertz CT molecular complexity index is 366. The Kier molecular flexibility index (Phi) is 5.25. The van der Waals surface area contributed by atoms with Crippen molar-refractivity contribution < 1.29 is 0 Å². The first-order valence-corrected chi connectivity index (χ1v) is 7.76. The zero-order valence-corrected chi connectivity index (χ0v) is 12.6. The molecule has 0 aliphatic heterocycles. The first-order chi connectivity index (χ1) is 9.24. The number of imidazole rings is 1. The summed E-state index contributed by atoms with van der Waals surface area (Å²) in [5, 5.41) is 3.55.